The molecule has 39 heavy (non-hydrogen) atoms. The highest BCUT2D eigenvalue weighted by Crippen LogP contribution is 2.27. The van der Waals surface area contributed by atoms with Crippen molar-refractivity contribution in [2.24, 2.45) is 0 Å². The lowest BCUT2D eigenvalue weighted by Gasteiger charge is -2.27. The van der Waals surface area contributed by atoms with E-state index in [-0.39, 0.29) is 0 Å². The van der Waals surface area contributed by atoms with Crippen molar-refractivity contribution in [3.63, 3.8) is 0 Å². The molecule has 0 bridgehead atoms. The van der Waals surface area contributed by atoms with Gasteiger partial charge in [0.25, 0.3) is 0 Å². The fourth-order valence-electron chi connectivity index (χ4n) is 4.42. The molecule has 206 valence electrons. The van der Waals surface area contributed by atoms with Crippen LogP contribution in [-0.2, 0) is 11.3 Å². The largest absolute Gasteiger partial charge is 0.490 e. The number of hydrogen-bond donors (Lipinski definition) is 4. The van der Waals surface area contributed by atoms with E-state index in [1.807, 2.05) is 0 Å². The predicted molar refractivity (Wildman–Crippen MR) is 146 cm³/mol. The molecular formula is C29H32F3N5O2. The van der Waals surface area contributed by atoms with Gasteiger partial charge >= 0.3 is 12.1 Å². The van der Waals surface area contributed by atoms with Crippen molar-refractivity contribution in [3.8, 4) is 22.5 Å². The van der Waals surface area contributed by atoms with Crippen LogP contribution in [0.3, 0.4) is 0 Å². The van der Waals surface area contributed by atoms with E-state index in [1.165, 1.54) is 22.3 Å². The van der Waals surface area contributed by atoms with Crippen molar-refractivity contribution in [1.82, 2.24) is 25.5 Å². The molecule has 3 aromatic carbocycles. The van der Waals surface area contributed by atoms with E-state index in [9.17, 15) is 13.2 Å². The van der Waals surface area contributed by atoms with Crippen molar-refractivity contribution < 1.29 is 23.1 Å². The number of aromatic nitrogens is 2. The molecule has 1 aliphatic heterocycles. The summed E-state index contributed by atoms with van der Waals surface area (Å²) in [6, 6.07) is 23.7. The number of aromatic amines is 1. The van der Waals surface area contributed by atoms with Gasteiger partial charge in [-0.15, -0.1) is 0 Å². The minimum absolute atomic E-state index is 0.891. The van der Waals surface area contributed by atoms with Gasteiger partial charge in [0.15, 0.2) is 0 Å². The Bertz CT molecular complexity index is 1400. The summed E-state index contributed by atoms with van der Waals surface area (Å²) in [4.78, 5) is 19.7. The van der Waals surface area contributed by atoms with E-state index in [0.717, 1.165) is 68.2 Å². The molecule has 0 aliphatic carbocycles. The Kier molecular flexibility index (Phi) is 9.34. The Hall–Kier alpha value is -3.73. The summed E-state index contributed by atoms with van der Waals surface area (Å²) in [5.74, 6) is -1.84. The van der Waals surface area contributed by atoms with Gasteiger partial charge in [0, 0.05) is 51.4 Å². The van der Waals surface area contributed by atoms with E-state index >= 15 is 0 Å². The Morgan fingerprint density at radius 2 is 1.64 bits per heavy atom. The van der Waals surface area contributed by atoms with Gasteiger partial charge in [-0.2, -0.15) is 13.2 Å². The number of H-pyrrole nitrogens is 1. The van der Waals surface area contributed by atoms with Crippen LogP contribution in [0.4, 0.5) is 13.2 Å². The maximum Gasteiger partial charge on any atom is 0.490 e. The van der Waals surface area contributed by atoms with Crippen LogP contribution in [0.25, 0.3) is 33.5 Å². The third-order valence-corrected chi connectivity index (χ3v) is 6.50. The lowest BCUT2D eigenvalue weighted by Crippen LogP contribution is -2.45. The normalized spacial score (nSPS) is 14.2. The molecular weight excluding hydrogens is 507 g/mol. The number of aliphatic carboxylic acids is 1. The summed E-state index contributed by atoms with van der Waals surface area (Å²) < 4.78 is 31.7. The highest BCUT2D eigenvalue weighted by atomic mass is 19.4. The topological polar surface area (TPSA) is 93.3 Å². The first kappa shape index (κ1) is 28.3. The summed E-state index contributed by atoms with van der Waals surface area (Å²) in [5, 5.41) is 14.1. The van der Waals surface area contributed by atoms with Crippen LogP contribution in [0.15, 0.2) is 66.7 Å². The first-order valence-corrected chi connectivity index (χ1v) is 12.8. The molecule has 10 heteroatoms. The number of para-hydroxylation sites is 1. The molecule has 0 radical (unpaired) electrons. The number of imidazole rings is 1. The summed E-state index contributed by atoms with van der Waals surface area (Å²) in [5.41, 5.74) is 8.19. The number of hydrogen-bond acceptors (Lipinski definition) is 5. The van der Waals surface area contributed by atoms with E-state index < -0.39 is 12.1 Å². The van der Waals surface area contributed by atoms with Crippen LogP contribution in [0.1, 0.15) is 11.1 Å². The zero-order valence-corrected chi connectivity index (χ0v) is 21.7. The van der Waals surface area contributed by atoms with Gasteiger partial charge in [0.1, 0.15) is 5.82 Å². The molecule has 5 rings (SSSR count). The Morgan fingerprint density at radius 3 is 2.33 bits per heavy atom. The number of halogens is 3. The number of aryl methyl sites for hydroxylation is 1. The Balaban J connectivity index is 0.000000448. The highest BCUT2D eigenvalue weighted by Gasteiger charge is 2.38. The lowest BCUT2D eigenvalue weighted by molar-refractivity contribution is -0.192. The van der Waals surface area contributed by atoms with Gasteiger partial charge in [0.05, 0.1) is 11.0 Å². The second-order valence-electron chi connectivity index (χ2n) is 9.41. The van der Waals surface area contributed by atoms with Gasteiger partial charge in [-0.05, 0) is 47.4 Å². The summed E-state index contributed by atoms with van der Waals surface area (Å²) in [7, 11) is 0. The van der Waals surface area contributed by atoms with E-state index in [2.05, 4.69) is 94.2 Å². The minimum atomic E-state index is -5.08. The molecule has 7 nitrogen and oxygen atoms in total. The molecule has 1 aromatic heterocycles. The molecule has 1 fully saturated rings. The third kappa shape index (κ3) is 7.89. The predicted octanol–water partition coefficient (Wildman–Crippen LogP) is 4.83. The molecule has 0 amide bonds. The van der Waals surface area contributed by atoms with Crippen molar-refractivity contribution in [2.45, 2.75) is 19.6 Å². The van der Waals surface area contributed by atoms with Gasteiger partial charge < -0.3 is 20.7 Å². The first-order valence-electron chi connectivity index (χ1n) is 12.8. The van der Waals surface area contributed by atoms with Crippen molar-refractivity contribution in [2.75, 3.05) is 39.3 Å². The van der Waals surface area contributed by atoms with Gasteiger partial charge in [-0.3, -0.25) is 4.90 Å². The van der Waals surface area contributed by atoms with Gasteiger partial charge in [-0.1, -0.05) is 48.5 Å². The van der Waals surface area contributed by atoms with Crippen LogP contribution in [0.2, 0.25) is 0 Å². The molecule has 4 N–H and O–H groups in total. The molecule has 0 saturated carbocycles. The fourth-order valence-corrected chi connectivity index (χ4v) is 4.42. The number of rotatable bonds is 7. The van der Waals surface area contributed by atoms with Crippen LogP contribution in [-0.4, -0.2) is 71.4 Å². The third-order valence-electron chi connectivity index (χ3n) is 6.50. The van der Waals surface area contributed by atoms with Crippen molar-refractivity contribution in [3.05, 3.63) is 77.9 Å². The number of carbonyl (C=O) groups is 1. The first-order chi connectivity index (χ1) is 18.7. The van der Waals surface area contributed by atoms with Gasteiger partial charge in [-0.25, -0.2) is 9.78 Å². The number of piperazine rings is 1. The number of carboxylic acid groups (broad SMARTS) is 1. The van der Waals surface area contributed by atoms with Crippen molar-refractivity contribution in [1.29, 1.82) is 0 Å². The zero-order chi connectivity index (χ0) is 27.8. The zero-order valence-electron chi connectivity index (χ0n) is 21.7. The van der Waals surface area contributed by atoms with Crippen LogP contribution < -0.4 is 10.6 Å². The molecule has 0 unspecified atom stereocenters. The minimum Gasteiger partial charge on any atom is -0.475 e. The standard InChI is InChI=1S/C27H31N5.C2HF3O2/c1-20-5-2-10-25-26(20)31-27(30-25)24-9-4-8-23(18-24)22-7-3-6-21(17-22)19-29-13-16-32-14-11-28-12-15-32;3-2(4,5)1(6)7/h2-10,17-18,28-29H,11-16,19H2,1H3,(H,30,31);(H,6,7). The molecule has 2 heterocycles. The number of alkyl halides is 3. The number of nitrogens with one attached hydrogen (secondary N) is 3. The number of fused-ring (bicyclic) bond motifs is 1. The molecule has 1 aliphatic rings. The maximum absolute atomic E-state index is 10.6. The van der Waals surface area contributed by atoms with E-state index in [0.29, 0.717) is 0 Å². The number of nitrogens with zero attached hydrogens (tertiary/aromatic N) is 2. The average Bonchev–Trinajstić information content (AvgIpc) is 3.38. The average molecular weight is 540 g/mol. The smallest absolute Gasteiger partial charge is 0.475 e. The molecule has 0 spiro atoms. The molecule has 0 atom stereocenters. The van der Waals surface area contributed by atoms with Crippen LogP contribution >= 0.6 is 0 Å². The highest BCUT2D eigenvalue weighted by molar-refractivity contribution is 5.83. The lowest BCUT2D eigenvalue weighted by atomic mass is 10.0. The second-order valence-corrected chi connectivity index (χ2v) is 9.41. The summed E-state index contributed by atoms with van der Waals surface area (Å²) in [6.45, 7) is 9.64. The number of benzene rings is 3. The quantitative estimate of drug-likeness (QED) is 0.252. The SMILES string of the molecule is Cc1cccc2[nH]c(-c3cccc(-c4cccc(CNCCN5CCNCC5)c4)c3)nc12.O=C(O)C(F)(F)F. The molecule has 1 saturated heterocycles. The van der Waals surface area contributed by atoms with E-state index in [1.54, 1.807) is 0 Å². The Labute approximate surface area is 225 Å². The summed E-state index contributed by atoms with van der Waals surface area (Å²) in [6.07, 6.45) is -5.08. The van der Waals surface area contributed by atoms with Crippen LogP contribution in [0, 0.1) is 6.92 Å². The molecule has 4 aromatic rings. The summed E-state index contributed by atoms with van der Waals surface area (Å²) >= 11 is 0. The monoisotopic (exact) mass is 539 g/mol. The fraction of sp³-hybridized carbons (Fsp3) is 0.310. The van der Waals surface area contributed by atoms with Gasteiger partial charge in [0.2, 0.25) is 0 Å². The van der Waals surface area contributed by atoms with Crippen molar-refractivity contribution >= 4 is 17.0 Å². The Morgan fingerprint density at radius 1 is 1.00 bits per heavy atom. The van der Waals surface area contributed by atoms with E-state index in [4.69, 9.17) is 14.9 Å². The van der Waals surface area contributed by atoms with Crippen LogP contribution in [0.5, 0.6) is 0 Å². The second kappa shape index (κ2) is 12.9. The maximum atomic E-state index is 10.6. The number of carboxylic acids is 1.